The highest BCUT2D eigenvalue weighted by Crippen LogP contribution is 2.11. The van der Waals surface area contributed by atoms with Crippen molar-refractivity contribution in [2.24, 2.45) is 10.9 Å². The zero-order valence-corrected chi connectivity index (χ0v) is 10.4. The first-order chi connectivity index (χ1) is 8.69. The Labute approximate surface area is 105 Å². The van der Waals surface area contributed by atoms with Gasteiger partial charge in [0.25, 0.3) is 0 Å². The molecule has 1 aromatic rings. The average Bonchev–Trinajstić information content (AvgIpc) is 2.82. The molecule has 0 aliphatic rings. The van der Waals surface area contributed by atoms with Crippen molar-refractivity contribution in [3.8, 4) is 0 Å². The van der Waals surface area contributed by atoms with E-state index in [2.05, 4.69) is 27.6 Å². The molecule has 1 aromatic heterocycles. The van der Waals surface area contributed by atoms with Crippen LogP contribution in [0.15, 0.2) is 11.4 Å². The number of hydrogen-bond acceptors (Lipinski definition) is 4. The molecule has 1 amide bonds. The van der Waals surface area contributed by atoms with Crippen LogP contribution in [-0.4, -0.2) is 27.1 Å². The summed E-state index contributed by atoms with van der Waals surface area (Å²) in [7, 11) is 0. The van der Waals surface area contributed by atoms with Crippen LogP contribution in [-0.2, 0) is 4.79 Å². The van der Waals surface area contributed by atoms with E-state index in [0.717, 1.165) is 25.7 Å². The number of nitrogens with one attached hydrogen (secondary N) is 2. The van der Waals surface area contributed by atoms with Crippen molar-refractivity contribution in [3.05, 3.63) is 11.8 Å². The van der Waals surface area contributed by atoms with Gasteiger partial charge < -0.3 is 16.3 Å². The van der Waals surface area contributed by atoms with Gasteiger partial charge in [-0.1, -0.05) is 31.3 Å². The van der Waals surface area contributed by atoms with Gasteiger partial charge in [-0.25, -0.2) is 0 Å². The van der Waals surface area contributed by atoms with E-state index in [4.69, 9.17) is 10.9 Å². The second kappa shape index (κ2) is 7.31. The molecule has 0 saturated heterocycles. The smallest absolute Gasteiger partial charge is 0.225 e. The monoisotopic (exact) mass is 253 g/mol. The molecular formula is C11H19N5O2. The van der Waals surface area contributed by atoms with Gasteiger partial charge in [0, 0.05) is 6.42 Å². The minimum Gasteiger partial charge on any atom is -0.409 e. The topological polar surface area (TPSA) is 116 Å². The summed E-state index contributed by atoms with van der Waals surface area (Å²) >= 11 is 0. The molecule has 18 heavy (non-hydrogen) atoms. The number of carbonyl (C=O) groups is 1. The lowest BCUT2D eigenvalue weighted by Gasteiger charge is -2.04. The summed E-state index contributed by atoms with van der Waals surface area (Å²) in [6, 6.07) is 0. The van der Waals surface area contributed by atoms with E-state index in [1.54, 1.807) is 0 Å². The van der Waals surface area contributed by atoms with E-state index in [1.165, 1.54) is 6.20 Å². The predicted molar refractivity (Wildman–Crippen MR) is 68.5 cm³/mol. The minimum absolute atomic E-state index is 0.0926. The molecule has 0 spiro atoms. The Morgan fingerprint density at radius 1 is 1.56 bits per heavy atom. The number of amides is 1. The molecule has 5 N–H and O–H groups in total. The number of oxime groups is 1. The SMILES string of the molecule is CCCCCCC(=O)Nc1[nH]ncc1C(N)=NO. The maximum Gasteiger partial charge on any atom is 0.225 e. The zero-order chi connectivity index (χ0) is 13.4. The quantitative estimate of drug-likeness (QED) is 0.193. The highest BCUT2D eigenvalue weighted by atomic mass is 16.4. The fraction of sp³-hybridized carbons (Fsp3) is 0.545. The second-order valence-corrected chi connectivity index (χ2v) is 4.00. The molecule has 0 unspecified atom stereocenters. The predicted octanol–water partition coefficient (Wildman–Crippen LogP) is 1.41. The van der Waals surface area contributed by atoms with Crippen LogP contribution in [0, 0.1) is 0 Å². The van der Waals surface area contributed by atoms with Crippen LogP contribution in [0.3, 0.4) is 0 Å². The van der Waals surface area contributed by atoms with Gasteiger partial charge in [0.15, 0.2) is 5.84 Å². The van der Waals surface area contributed by atoms with E-state index in [-0.39, 0.29) is 11.7 Å². The van der Waals surface area contributed by atoms with Crippen molar-refractivity contribution in [2.45, 2.75) is 39.0 Å². The van der Waals surface area contributed by atoms with Gasteiger partial charge in [0.1, 0.15) is 5.82 Å². The van der Waals surface area contributed by atoms with E-state index in [1.807, 2.05) is 0 Å². The molecular weight excluding hydrogens is 234 g/mol. The molecule has 1 rings (SSSR count). The molecule has 0 aliphatic carbocycles. The van der Waals surface area contributed by atoms with Crippen molar-refractivity contribution >= 4 is 17.6 Å². The number of nitrogens with zero attached hydrogens (tertiary/aromatic N) is 2. The molecule has 0 aliphatic heterocycles. The fourth-order valence-corrected chi connectivity index (χ4v) is 1.54. The summed E-state index contributed by atoms with van der Waals surface area (Å²) < 4.78 is 0. The molecule has 100 valence electrons. The summed E-state index contributed by atoms with van der Waals surface area (Å²) in [5, 5.41) is 20.4. The van der Waals surface area contributed by atoms with Gasteiger partial charge in [-0.2, -0.15) is 5.10 Å². The molecule has 0 fully saturated rings. The van der Waals surface area contributed by atoms with Crippen molar-refractivity contribution in [2.75, 3.05) is 5.32 Å². The standard InChI is InChI=1S/C11H19N5O2/c1-2-3-4-5-6-9(17)14-11-8(7-13-15-11)10(12)16-18/h7,18H,2-6H2,1H3,(H2,12,16)(H2,13,14,15,17). The molecule has 0 radical (unpaired) electrons. The Bertz CT molecular complexity index is 413. The molecule has 0 bridgehead atoms. The van der Waals surface area contributed by atoms with E-state index in [9.17, 15) is 4.79 Å². The van der Waals surface area contributed by atoms with Crippen LogP contribution in [0.4, 0.5) is 5.82 Å². The van der Waals surface area contributed by atoms with Crippen LogP contribution < -0.4 is 11.1 Å². The molecule has 7 nitrogen and oxygen atoms in total. The number of carbonyl (C=O) groups excluding carboxylic acids is 1. The summed E-state index contributed by atoms with van der Waals surface area (Å²) in [4.78, 5) is 11.6. The van der Waals surface area contributed by atoms with Crippen LogP contribution in [0.2, 0.25) is 0 Å². The summed E-state index contributed by atoms with van der Waals surface area (Å²) in [5.74, 6) is 0.151. The van der Waals surface area contributed by atoms with Crippen molar-refractivity contribution < 1.29 is 10.0 Å². The van der Waals surface area contributed by atoms with Crippen molar-refractivity contribution in [3.63, 3.8) is 0 Å². The van der Waals surface area contributed by atoms with Crippen molar-refractivity contribution in [1.82, 2.24) is 10.2 Å². The average molecular weight is 253 g/mol. The van der Waals surface area contributed by atoms with Gasteiger partial charge in [0.2, 0.25) is 5.91 Å². The third-order valence-electron chi connectivity index (χ3n) is 2.54. The third-order valence-corrected chi connectivity index (χ3v) is 2.54. The highest BCUT2D eigenvalue weighted by Gasteiger charge is 2.12. The summed E-state index contributed by atoms with van der Waals surface area (Å²) in [6.07, 6.45) is 6.01. The number of unbranched alkanes of at least 4 members (excludes halogenated alkanes) is 3. The van der Waals surface area contributed by atoms with Crippen LogP contribution >= 0.6 is 0 Å². The maximum atomic E-state index is 11.6. The number of amidine groups is 1. The number of H-pyrrole nitrogens is 1. The lowest BCUT2D eigenvalue weighted by molar-refractivity contribution is -0.116. The lowest BCUT2D eigenvalue weighted by atomic mass is 10.1. The molecule has 7 heteroatoms. The lowest BCUT2D eigenvalue weighted by Crippen LogP contribution is -2.18. The number of nitrogens with two attached hydrogens (primary N) is 1. The molecule has 0 saturated carbocycles. The van der Waals surface area contributed by atoms with Crippen molar-refractivity contribution in [1.29, 1.82) is 0 Å². The maximum absolute atomic E-state index is 11.6. The number of aromatic nitrogens is 2. The highest BCUT2D eigenvalue weighted by molar-refractivity contribution is 6.04. The van der Waals surface area contributed by atoms with Crippen LogP contribution in [0.5, 0.6) is 0 Å². The van der Waals surface area contributed by atoms with E-state index >= 15 is 0 Å². The summed E-state index contributed by atoms with van der Waals surface area (Å²) in [5.41, 5.74) is 5.82. The van der Waals surface area contributed by atoms with Gasteiger partial charge in [-0.3, -0.25) is 9.89 Å². The number of hydrogen-bond donors (Lipinski definition) is 4. The fourth-order valence-electron chi connectivity index (χ4n) is 1.54. The van der Waals surface area contributed by atoms with Crippen LogP contribution in [0.25, 0.3) is 0 Å². The van der Waals surface area contributed by atoms with Gasteiger partial charge >= 0.3 is 0 Å². The Balaban J connectivity index is 2.47. The third kappa shape index (κ3) is 4.08. The Hall–Kier alpha value is -2.05. The van der Waals surface area contributed by atoms with Gasteiger partial charge in [-0.05, 0) is 6.42 Å². The first-order valence-electron chi connectivity index (χ1n) is 6.00. The summed E-state index contributed by atoms with van der Waals surface area (Å²) in [6.45, 7) is 2.12. The number of anilines is 1. The van der Waals surface area contributed by atoms with E-state index < -0.39 is 0 Å². The Morgan fingerprint density at radius 3 is 3.00 bits per heavy atom. The largest absolute Gasteiger partial charge is 0.409 e. The second-order valence-electron chi connectivity index (χ2n) is 4.00. The first-order valence-corrected chi connectivity index (χ1v) is 6.00. The zero-order valence-electron chi connectivity index (χ0n) is 10.4. The molecule has 0 aromatic carbocycles. The number of rotatable bonds is 7. The Kier molecular flexibility index (Phi) is 5.69. The first kappa shape index (κ1) is 14.0. The molecule has 0 atom stereocenters. The van der Waals surface area contributed by atoms with Gasteiger partial charge in [-0.15, -0.1) is 0 Å². The van der Waals surface area contributed by atoms with E-state index in [0.29, 0.717) is 17.8 Å². The Morgan fingerprint density at radius 2 is 2.33 bits per heavy atom. The normalized spacial score (nSPS) is 11.5. The minimum atomic E-state index is -0.109. The number of aromatic amines is 1. The van der Waals surface area contributed by atoms with Crippen LogP contribution in [0.1, 0.15) is 44.6 Å². The molecule has 1 heterocycles. The van der Waals surface area contributed by atoms with Gasteiger partial charge in [0.05, 0.1) is 11.8 Å².